The van der Waals surface area contributed by atoms with Gasteiger partial charge in [0.1, 0.15) is 9.33 Å². The maximum atomic E-state index is 4.84. The molecule has 0 fully saturated rings. The molecule has 0 aliphatic rings. The van der Waals surface area contributed by atoms with Gasteiger partial charge in [-0.15, -0.1) is 22.8 Å². The molecular weight excluding hydrogens is 282 g/mol. The van der Waals surface area contributed by atoms with Crippen molar-refractivity contribution in [2.75, 3.05) is 5.32 Å². The van der Waals surface area contributed by atoms with Gasteiger partial charge >= 0.3 is 0 Å². The molecule has 0 spiro atoms. The van der Waals surface area contributed by atoms with Crippen LogP contribution in [0.4, 0.5) is 5.13 Å². The molecule has 0 saturated heterocycles. The summed E-state index contributed by atoms with van der Waals surface area (Å²) in [6, 6.07) is 0. The average molecular weight is 304 g/mol. The van der Waals surface area contributed by atoms with E-state index in [4.69, 9.17) is 12.2 Å². The van der Waals surface area contributed by atoms with Crippen LogP contribution in [0.25, 0.3) is 0 Å². The van der Waals surface area contributed by atoms with E-state index in [9.17, 15) is 0 Å². The number of thiocarbonyl (C=S) groups is 1. The molecule has 102 valence electrons. The minimum atomic E-state index is 0.439. The number of anilines is 1. The van der Waals surface area contributed by atoms with Gasteiger partial charge < -0.3 is 5.32 Å². The van der Waals surface area contributed by atoms with Gasteiger partial charge in [0.25, 0.3) is 0 Å². The van der Waals surface area contributed by atoms with E-state index in [0.717, 1.165) is 16.6 Å². The smallest absolute Gasteiger partial charge is 0.211 e. The van der Waals surface area contributed by atoms with Crippen molar-refractivity contribution in [1.82, 2.24) is 10.2 Å². The van der Waals surface area contributed by atoms with E-state index in [1.54, 1.807) is 11.3 Å². The topological polar surface area (TPSA) is 37.8 Å². The molecule has 0 aliphatic carbocycles. The molecule has 1 rings (SSSR count). The van der Waals surface area contributed by atoms with E-state index < -0.39 is 0 Å². The summed E-state index contributed by atoms with van der Waals surface area (Å²) in [5, 5.41) is 12.9. The number of rotatable bonds is 9. The Morgan fingerprint density at radius 2 is 1.83 bits per heavy atom. The second kappa shape index (κ2) is 9.69. The van der Waals surface area contributed by atoms with Crippen molar-refractivity contribution in [2.45, 2.75) is 58.3 Å². The molecule has 6 heteroatoms. The van der Waals surface area contributed by atoms with Crippen molar-refractivity contribution in [3.63, 3.8) is 0 Å². The molecule has 1 aromatic heterocycles. The Balaban J connectivity index is 2.08. The summed E-state index contributed by atoms with van der Waals surface area (Å²) < 4.78 is 0.439. The van der Waals surface area contributed by atoms with Crippen molar-refractivity contribution in [1.29, 1.82) is 0 Å². The van der Waals surface area contributed by atoms with Gasteiger partial charge in [0.2, 0.25) is 5.13 Å². The zero-order valence-corrected chi connectivity index (χ0v) is 13.3. The lowest BCUT2D eigenvalue weighted by atomic mass is 10.1. The summed E-state index contributed by atoms with van der Waals surface area (Å²) in [5.74, 6) is 0. The third-order valence-corrected chi connectivity index (χ3v) is 3.79. The second-order valence-electron chi connectivity index (χ2n) is 4.30. The predicted octanol–water partition coefficient (Wildman–Crippen LogP) is 4.46. The summed E-state index contributed by atoms with van der Waals surface area (Å²) in [4.78, 5) is 0. The van der Waals surface area contributed by atoms with Gasteiger partial charge in [-0.2, -0.15) is 0 Å². The zero-order valence-electron chi connectivity index (χ0n) is 10.8. The number of nitrogens with zero attached hydrogens (tertiary/aromatic N) is 2. The molecule has 18 heavy (non-hydrogen) atoms. The van der Waals surface area contributed by atoms with Crippen LogP contribution in [0.3, 0.4) is 0 Å². The van der Waals surface area contributed by atoms with E-state index in [1.807, 2.05) is 0 Å². The van der Waals surface area contributed by atoms with E-state index in [2.05, 4.69) is 35.1 Å². The third kappa shape index (κ3) is 7.28. The Labute approximate surface area is 124 Å². The average Bonchev–Trinajstić information content (AvgIpc) is 2.75. The Hall–Kier alpha value is -0.200. The first-order valence-corrected chi connectivity index (χ1v) is 8.22. The molecule has 0 amide bonds. The van der Waals surface area contributed by atoms with Crippen molar-refractivity contribution in [3.05, 3.63) is 5.01 Å². The van der Waals surface area contributed by atoms with Gasteiger partial charge in [-0.3, -0.25) is 0 Å². The van der Waals surface area contributed by atoms with Crippen LogP contribution in [0.2, 0.25) is 0 Å². The number of unbranched alkanes of at least 4 members (excludes halogenated alkanes) is 6. The van der Waals surface area contributed by atoms with Gasteiger partial charge in [-0.1, -0.05) is 69.0 Å². The minimum Gasteiger partial charge on any atom is -0.316 e. The van der Waals surface area contributed by atoms with Crippen LogP contribution in [0.5, 0.6) is 0 Å². The van der Waals surface area contributed by atoms with Gasteiger partial charge in [0, 0.05) is 6.42 Å². The van der Waals surface area contributed by atoms with Crippen molar-refractivity contribution in [2.24, 2.45) is 0 Å². The maximum Gasteiger partial charge on any atom is 0.211 e. The van der Waals surface area contributed by atoms with Gasteiger partial charge in [0.15, 0.2) is 0 Å². The Morgan fingerprint density at radius 1 is 1.17 bits per heavy atom. The molecule has 0 bridgehead atoms. The number of nitrogens with one attached hydrogen (secondary N) is 1. The highest BCUT2D eigenvalue weighted by atomic mass is 32.1. The monoisotopic (exact) mass is 303 g/mol. The van der Waals surface area contributed by atoms with Crippen LogP contribution < -0.4 is 5.32 Å². The van der Waals surface area contributed by atoms with Gasteiger partial charge in [0.05, 0.1) is 0 Å². The van der Waals surface area contributed by atoms with Gasteiger partial charge in [-0.05, 0) is 6.42 Å². The van der Waals surface area contributed by atoms with E-state index in [1.165, 1.54) is 44.9 Å². The van der Waals surface area contributed by atoms with Crippen molar-refractivity contribution in [3.8, 4) is 0 Å². The molecule has 1 aromatic rings. The van der Waals surface area contributed by atoms with Crippen LogP contribution in [-0.2, 0) is 6.42 Å². The third-order valence-electron chi connectivity index (χ3n) is 2.67. The molecule has 0 aromatic carbocycles. The summed E-state index contributed by atoms with van der Waals surface area (Å²) in [5.41, 5.74) is 0. The fourth-order valence-corrected chi connectivity index (χ4v) is 2.86. The van der Waals surface area contributed by atoms with E-state index in [0.29, 0.717) is 4.32 Å². The van der Waals surface area contributed by atoms with Gasteiger partial charge in [-0.25, -0.2) is 0 Å². The lowest BCUT2D eigenvalue weighted by Gasteiger charge is -1.99. The molecule has 1 heterocycles. The van der Waals surface area contributed by atoms with E-state index in [-0.39, 0.29) is 0 Å². The lowest BCUT2D eigenvalue weighted by Crippen LogP contribution is -1.99. The molecule has 1 N–H and O–H groups in total. The molecule has 0 atom stereocenters. The molecule has 0 saturated carbocycles. The molecule has 0 radical (unpaired) electrons. The molecular formula is C12H21N3S3. The first-order valence-electron chi connectivity index (χ1n) is 6.54. The van der Waals surface area contributed by atoms with E-state index >= 15 is 0 Å². The molecule has 3 nitrogen and oxygen atoms in total. The van der Waals surface area contributed by atoms with Crippen LogP contribution >= 0.6 is 36.2 Å². The highest BCUT2D eigenvalue weighted by Crippen LogP contribution is 2.18. The van der Waals surface area contributed by atoms with Crippen LogP contribution in [0.1, 0.15) is 56.9 Å². The fraction of sp³-hybridized carbons (Fsp3) is 0.750. The standard InChI is InChI=1S/C12H21N3S3/c1-2-3-4-5-6-7-8-9-10-14-15-11(18-10)13-12(16)17/h2-9H2,1H3,(H2,13,15,16,17). The Bertz CT molecular complexity index is 352. The van der Waals surface area contributed by atoms with Crippen LogP contribution in [0.15, 0.2) is 0 Å². The number of hydrogen-bond donors (Lipinski definition) is 2. The number of aromatic nitrogens is 2. The predicted molar refractivity (Wildman–Crippen MR) is 86.8 cm³/mol. The highest BCUT2D eigenvalue weighted by molar-refractivity contribution is 8.11. The quantitative estimate of drug-likeness (QED) is 0.401. The number of aryl methyl sites for hydroxylation is 1. The Kier molecular flexibility index (Phi) is 8.54. The van der Waals surface area contributed by atoms with Crippen molar-refractivity contribution >= 4 is 45.6 Å². The Morgan fingerprint density at radius 3 is 2.50 bits per heavy atom. The normalized spacial score (nSPS) is 10.6. The first-order chi connectivity index (χ1) is 8.72. The summed E-state index contributed by atoms with van der Waals surface area (Å²) in [6.07, 6.45) is 10.3. The largest absolute Gasteiger partial charge is 0.316 e. The lowest BCUT2D eigenvalue weighted by molar-refractivity contribution is 0.588. The van der Waals surface area contributed by atoms with Crippen molar-refractivity contribution < 1.29 is 0 Å². The number of thiol groups is 1. The SMILES string of the molecule is CCCCCCCCCc1nnc(NC(=S)S)s1. The van der Waals surface area contributed by atoms with Crippen LogP contribution in [-0.4, -0.2) is 14.5 Å². The summed E-state index contributed by atoms with van der Waals surface area (Å²) >= 11 is 10.4. The zero-order chi connectivity index (χ0) is 13.2. The summed E-state index contributed by atoms with van der Waals surface area (Å²) in [6.45, 7) is 2.25. The summed E-state index contributed by atoms with van der Waals surface area (Å²) in [7, 11) is 0. The number of hydrogen-bond acceptors (Lipinski definition) is 4. The highest BCUT2D eigenvalue weighted by Gasteiger charge is 2.04. The first kappa shape index (κ1) is 15.9. The minimum absolute atomic E-state index is 0.439. The fourth-order valence-electron chi connectivity index (χ4n) is 1.73. The molecule has 0 aliphatic heterocycles. The maximum absolute atomic E-state index is 4.84. The molecule has 0 unspecified atom stereocenters. The second-order valence-corrected chi connectivity index (χ2v) is 6.52. The van der Waals surface area contributed by atoms with Crippen LogP contribution in [0, 0.1) is 0 Å².